The molecule has 0 aliphatic heterocycles. The summed E-state index contributed by atoms with van der Waals surface area (Å²) in [7, 11) is 0. The third-order valence-corrected chi connectivity index (χ3v) is 2.15. The highest BCUT2D eigenvalue weighted by molar-refractivity contribution is 6.67. The van der Waals surface area contributed by atoms with Crippen molar-refractivity contribution in [2.45, 2.75) is 0 Å². The number of carbonyl (C=O) groups excluding carboxylic acids is 1. The van der Waals surface area contributed by atoms with Crippen LogP contribution >= 0.6 is 11.6 Å². The van der Waals surface area contributed by atoms with Gasteiger partial charge in [-0.15, -0.1) is 0 Å². The van der Waals surface area contributed by atoms with Crippen LogP contribution in [-0.2, 0) is 0 Å². The summed E-state index contributed by atoms with van der Waals surface area (Å²) >= 11 is 5.27. The van der Waals surface area contributed by atoms with E-state index in [0.29, 0.717) is 10.9 Å². The standard InChI is InChI=1S/C10H6ClNO2/c11-10(14)8-5-9(13)6-3-1-2-4-7(6)12-8/h1-5H,(H,12,13). The van der Waals surface area contributed by atoms with Gasteiger partial charge < -0.3 is 4.98 Å². The van der Waals surface area contributed by atoms with Crippen LogP contribution in [0.2, 0.25) is 0 Å². The van der Waals surface area contributed by atoms with Crippen LogP contribution in [0, 0.1) is 0 Å². The lowest BCUT2D eigenvalue weighted by Crippen LogP contribution is -2.06. The van der Waals surface area contributed by atoms with E-state index in [1.165, 1.54) is 6.07 Å². The molecule has 0 unspecified atom stereocenters. The molecule has 0 saturated heterocycles. The Morgan fingerprint density at radius 1 is 1.29 bits per heavy atom. The molecule has 0 spiro atoms. The van der Waals surface area contributed by atoms with Crippen LogP contribution in [0.3, 0.4) is 0 Å². The normalized spacial score (nSPS) is 10.4. The number of hydrogen-bond acceptors (Lipinski definition) is 2. The van der Waals surface area contributed by atoms with Crippen LogP contribution in [0.1, 0.15) is 10.5 Å². The van der Waals surface area contributed by atoms with E-state index in [9.17, 15) is 9.59 Å². The Kier molecular flexibility index (Phi) is 2.09. The van der Waals surface area contributed by atoms with Gasteiger partial charge in [0.15, 0.2) is 5.43 Å². The van der Waals surface area contributed by atoms with Crippen LogP contribution in [0.15, 0.2) is 35.1 Å². The minimum atomic E-state index is -0.659. The quantitative estimate of drug-likeness (QED) is 0.727. The number of aromatic nitrogens is 1. The van der Waals surface area contributed by atoms with Gasteiger partial charge in [0.1, 0.15) is 5.69 Å². The van der Waals surface area contributed by atoms with Gasteiger partial charge >= 0.3 is 0 Å². The molecule has 0 radical (unpaired) electrons. The maximum absolute atomic E-state index is 11.5. The number of rotatable bonds is 1. The van der Waals surface area contributed by atoms with Gasteiger partial charge in [-0.25, -0.2) is 0 Å². The minimum Gasteiger partial charge on any atom is -0.351 e. The van der Waals surface area contributed by atoms with E-state index >= 15 is 0 Å². The summed E-state index contributed by atoms with van der Waals surface area (Å²) < 4.78 is 0. The van der Waals surface area contributed by atoms with E-state index in [1.54, 1.807) is 24.3 Å². The first kappa shape index (κ1) is 8.97. The molecule has 0 aliphatic carbocycles. The van der Waals surface area contributed by atoms with Crippen molar-refractivity contribution >= 4 is 27.7 Å². The zero-order valence-electron chi connectivity index (χ0n) is 7.08. The van der Waals surface area contributed by atoms with Crippen LogP contribution < -0.4 is 5.43 Å². The topological polar surface area (TPSA) is 49.9 Å². The maximum atomic E-state index is 11.5. The molecule has 3 nitrogen and oxygen atoms in total. The van der Waals surface area contributed by atoms with Crippen molar-refractivity contribution in [2.75, 3.05) is 0 Å². The summed E-state index contributed by atoms with van der Waals surface area (Å²) in [6, 6.07) is 8.16. The van der Waals surface area contributed by atoms with E-state index in [1.807, 2.05) is 0 Å². The fourth-order valence-corrected chi connectivity index (χ4v) is 1.40. The van der Waals surface area contributed by atoms with E-state index in [4.69, 9.17) is 11.6 Å². The Balaban J connectivity index is 2.86. The van der Waals surface area contributed by atoms with Gasteiger partial charge in [0.25, 0.3) is 5.24 Å². The molecule has 1 heterocycles. The first-order valence-electron chi connectivity index (χ1n) is 4.00. The Morgan fingerprint density at radius 3 is 2.71 bits per heavy atom. The second-order valence-electron chi connectivity index (χ2n) is 2.87. The molecule has 4 heteroatoms. The van der Waals surface area contributed by atoms with Crippen molar-refractivity contribution in [3.05, 3.63) is 46.2 Å². The van der Waals surface area contributed by atoms with Crippen molar-refractivity contribution in [2.24, 2.45) is 0 Å². The molecule has 1 N–H and O–H groups in total. The molecule has 0 fully saturated rings. The van der Waals surface area contributed by atoms with Crippen molar-refractivity contribution < 1.29 is 4.79 Å². The Labute approximate surface area is 84.3 Å². The van der Waals surface area contributed by atoms with Crippen LogP contribution in [0.4, 0.5) is 0 Å². The molecule has 1 aromatic carbocycles. The largest absolute Gasteiger partial charge is 0.351 e. The number of benzene rings is 1. The van der Waals surface area contributed by atoms with Crippen molar-refractivity contribution in [1.29, 1.82) is 0 Å². The fraction of sp³-hybridized carbons (Fsp3) is 0. The van der Waals surface area contributed by atoms with Crippen molar-refractivity contribution in [3.63, 3.8) is 0 Å². The molecule has 0 amide bonds. The van der Waals surface area contributed by atoms with Gasteiger partial charge in [-0.2, -0.15) is 0 Å². The number of hydrogen-bond donors (Lipinski definition) is 1. The average molecular weight is 208 g/mol. The predicted molar refractivity (Wildman–Crippen MR) is 54.8 cm³/mol. The van der Waals surface area contributed by atoms with Gasteiger partial charge in [-0.05, 0) is 23.7 Å². The number of para-hydroxylation sites is 1. The molecular formula is C10H6ClNO2. The van der Waals surface area contributed by atoms with Gasteiger partial charge in [-0.1, -0.05) is 12.1 Å². The Bertz CT molecular complexity index is 559. The van der Waals surface area contributed by atoms with Crippen LogP contribution in [-0.4, -0.2) is 10.2 Å². The number of nitrogens with one attached hydrogen (secondary N) is 1. The lowest BCUT2D eigenvalue weighted by Gasteiger charge is -1.98. The first-order chi connectivity index (χ1) is 6.68. The lowest BCUT2D eigenvalue weighted by atomic mass is 10.2. The Morgan fingerprint density at radius 2 is 2.00 bits per heavy atom. The second kappa shape index (κ2) is 3.27. The molecule has 14 heavy (non-hydrogen) atoms. The van der Waals surface area contributed by atoms with E-state index in [2.05, 4.69) is 4.98 Å². The Hall–Kier alpha value is -1.61. The van der Waals surface area contributed by atoms with Gasteiger partial charge in [0.2, 0.25) is 0 Å². The highest BCUT2D eigenvalue weighted by Crippen LogP contribution is 2.08. The number of aromatic amines is 1. The molecule has 2 aromatic rings. The first-order valence-corrected chi connectivity index (χ1v) is 4.38. The summed E-state index contributed by atoms with van der Waals surface area (Å²) in [4.78, 5) is 25.1. The zero-order valence-corrected chi connectivity index (χ0v) is 7.84. The SMILES string of the molecule is O=C(Cl)c1cc(=O)c2ccccc2[nH]1. The lowest BCUT2D eigenvalue weighted by molar-refractivity contribution is 0.107. The molecule has 70 valence electrons. The molecule has 0 atom stereocenters. The summed E-state index contributed by atoms with van der Waals surface area (Å²) in [5.41, 5.74) is 0.530. The van der Waals surface area contributed by atoms with Crippen LogP contribution in [0.25, 0.3) is 10.9 Å². The van der Waals surface area contributed by atoms with Crippen molar-refractivity contribution in [3.8, 4) is 0 Å². The third kappa shape index (κ3) is 1.42. The fourth-order valence-electron chi connectivity index (χ4n) is 1.30. The zero-order chi connectivity index (χ0) is 10.1. The van der Waals surface area contributed by atoms with E-state index < -0.39 is 5.24 Å². The molecule has 0 aliphatic rings. The average Bonchev–Trinajstić information content (AvgIpc) is 2.17. The van der Waals surface area contributed by atoms with Gasteiger partial charge in [-0.3, -0.25) is 9.59 Å². The number of halogens is 1. The highest BCUT2D eigenvalue weighted by Gasteiger charge is 2.05. The third-order valence-electron chi connectivity index (χ3n) is 1.95. The number of pyridine rings is 1. The van der Waals surface area contributed by atoms with Gasteiger partial charge in [0, 0.05) is 17.0 Å². The molecular weight excluding hydrogens is 202 g/mol. The van der Waals surface area contributed by atoms with Crippen LogP contribution in [0.5, 0.6) is 0 Å². The number of H-pyrrole nitrogens is 1. The summed E-state index contributed by atoms with van der Waals surface area (Å²) in [5.74, 6) is 0. The summed E-state index contributed by atoms with van der Waals surface area (Å²) in [5, 5.41) is -0.109. The van der Waals surface area contributed by atoms with Gasteiger partial charge in [0.05, 0.1) is 0 Å². The number of fused-ring (bicyclic) bond motifs is 1. The summed E-state index contributed by atoms with van der Waals surface area (Å²) in [6.07, 6.45) is 0. The minimum absolute atomic E-state index is 0.121. The molecule has 2 rings (SSSR count). The molecule has 0 saturated carbocycles. The smallest absolute Gasteiger partial charge is 0.268 e. The highest BCUT2D eigenvalue weighted by atomic mass is 35.5. The molecule has 0 bridgehead atoms. The monoisotopic (exact) mass is 207 g/mol. The van der Waals surface area contributed by atoms with E-state index in [-0.39, 0.29) is 11.1 Å². The second-order valence-corrected chi connectivity index (χ2v) is 3.21. The van der Waals surface area contributed by atoms with Crippen molar-refractivity contribution in [1.82, 2.24) is 4.98 Å². The summed E-state index contributed by atoms with van der Waals surface area (Å²) in [6.45, 7) is 0. The number of carbonyl (C=O) groups is 1. The van der Waals surface area contributed by atoms with E-state index in [0.717, 1.165) is 0 Å². The molecule has 1 aromatic heterocycles. The predicted octanol–water partition coefficient (Wildman–Crippen LogP) is 1.91. The maximum Gasteiger partial charge on any atom is 0.268 e.